The van der Waals surface area contributed by atoms with Gasteiger partial charge in [0.25, 0.3) is 5.71 Å². The second kappa shape index (κ2) is 7.73. The molecule has 160 valence electrons. The first-order valence-electron chi connectivity index (χ1n) is 9.86. The molecule has 0 aromatic carbocycles. The number of amides is 1. The van der Waals surface area contributed by atoms with Gasteiger partial charge in [-0.1, -0.05) is 19.0 Å². The Kier molecular flexibility index (Phi) is 5.25. The average molecular weight is 421 g/mol. The minimum absolute atomic E-state index is 0.0618. The smallest absolute Gasteiger partial charge is 0.341 e. The molecule has 0 N–H and O–H groups in total. The zero-order valence-corrected chi connectivity index (χ0v) is 16.7. The van der Waals surface area contributed by atoms with Crippen molar-refractivity contribution < 1.29 is 22.5 Å². The van der Waals surface area contributed by atoms with Gasteiger partial charge in [-0.05, 0) is 30.9 Å². The Morgan fingerprint density at radius 2 is 2.03 bits per heavy atom. The van der Waals surface area contributed by atoms with Gasteiger partial charge in [0.15, 0.2) is 0 Å². The Balaban J connectivity index is 1.56. The van der Waals surface area contributed by atoms with Crippen LogP contribution in [0.5, 0.6) is 0 Å². The summed E-state index contributed by atoms with van der Waals surface area (Å²) < 4.78 is 48.1. The van der Waals surface area contributed by atoms with Crippen molar-refractivity contribution in [3.8, 4) is 0 Å². The van der Waals surface area contributed by atoms with E-state index in [0.717, 1.165) is 6.07 Å². The van der Waals surface area contributed by atoms with E-state index in [1.165, 1.54) is 0 Å². The Labute approximate surface area is 170 Å². The fraction of sp³-hybridized carbons (Fsp3) is 0.500. The third-order valence-electron chi connectivity index (χ3n) is 5.48. The predicted molar refractivity (Wildman–Crippen MR) is 102 cm³/mol. The number of carbonyl (C=O) groups is 1. The van der Waals surface area contributed by atoms with E-state index < -0.39 is 11.7 Å². The van der Waals surface area contributed by atoms with Crippen LogP contribution in [0, 0.1) is 0 Å². The number of hydrogen-bond acceptors (Lipinski definition) is 5. The number of carbonyl (C=O) groups excluding carboxylic acids is 1. The van der Waals surface area contributed by atoms with Gasteiger partial charge >= 0.3 is 6.18 Å². The molecule has 4 heterocycles. The van der Waals surface area contributed by atoms with Gasteiger partial charge in [-0.2, -0.15) is 18.3 Å². The second-order valence-corrected chi connectivity index (χ2v) is 7.85. The number of pyridine rings is 1. The number of aromatic nitrogens is 4. The van der Waals surface area contributed by atoms with Crippen molar-refractivity contribution in [2.24, 2.45) is 0 Å². The van der Waals surface area contributed by atoms with Gasteiger partial charge < -0.3 is 9.42 Å². The third kappa shape index (κ3) is 3.90. The second-order valence-electron chi connectivity index (χ2n) is 7.85. The lowest BCUT2D eigenvalue weighted by molar-refractivity contribution is -0.136. The fourth-order valence-corrected chi connectivity index (χ4v) is 3.83. The minimum Gasteiger partial charge on any atom is -0.341 e. The summed E-state index contributed by atoms with van der Waals surface area (Å²) in [5.74, 6) is -0.470. The largest absolute Gasteiger partial charge is 0.417 e. The van der Waals surface area contributed by atoms with Crippen LogP contribution in [0.1, 0.15) is 55.5 Å². The molecule has 0 radical (unpaired) electrons. The zero-order valence-electron chi connectivity index (χ0n) is 16.7. The van der Waals surface area contributed by atoms with Crippen LogP contribution in [0.25, 0.3) is 11.1 Å². The van der Waals surface area contributed by atoms with E-state index in [4.69, 9.17) is 4.52 Å². The topological polar surface area (TPSA) is 77.0 Å². The molecule has 0 bridgehead atoms. The number of rotatable bonds is 4. The van der Waals surface area contributed by atoms with Gasteiger partial charge in [0.05, 0.1) is 16.6 Å². The van der Waals surface area contributed by atoms with Crippen LogP contribution < -0.4 is 0 Å². The molecule has 0 unspecified atom stereocenters. The zero-order chi connectivity index (χ0) is 21.5. The number of nitrogens with zero attached hydrogens (tertiary/aromatic N) is 5. The first kappa shape index (κ1) is 20.4. The average Bonchev–Trinajstić information content (AvgIpc) is 3.36. The molecular weight excluding hydrogens is 399 g/mol. The Morgan fingerprint density at radius 3 is 2.63 bits per heavy atom. The normalized spacial score (nSPS) is 16.0. The molecule has 3 aromatic heterocycles. The van der Waals surface area contributed by atoms with Crippen molar-refractivity contribution in [2.45, 2.75) is 51.2 Å². The number of halogens is 3. The molecule has 1 amide bonds. The summed E-state index contributed by atoms with van der Waals surface area (Å²) in [4.78, 5) is 18.4. The molecule has 1 aliphatic heterocycles. The lowest BCUT2D eigenvalue weighted by atomic mass is 9.90. The lowest BCUT2D eigenvalue weighted by Gasteiger charge is -2.31. The predicted octanol–water partition coefficient (Wildman–Crippen LogP) is 3.97. The highest BCUT2D eigenvalue weighted by molar-refractivity contribution is 5.82. The SMILES string of the molecule is CC(C)c1cc(C(F)(F)F)c2c(C3CCN(C(=O)Cn4cccn4)CC3)noc2n1. The maximum atomic E-state index is 13.8. The lowest BCUT2D eigenvalue weighted by Crippen LogP contribution is -2.39. The Hall–Kier alpha value is -2.91. The molecular formula is C20H22F3N5O2. The Morgan fingerprint density at radius 1 is 1.30 bits per heavy atom. The standard InChI is InChI=1S/C20H22F3N5O2/c1-12(2)15-10-14(20(21,22)23)17-18(26-30-19(17)25-15)13-4-8-27(9-5-13)16(29)11-28-7-3-6-24-28/h3,6-7,10,12-13H,4-5,8-9,11H2,1-2H3. The molecule has 10 heteroatoms. The van der Waals surface area contributed by atoms with Gasteiger partial charge in [0.2, 0.25) is 5.91 Å². The van der Waals surface area contributed by atoms with E-state index in [9.17, 15) is 18.0 Å². The first-order valence-corrected chi connectivity index (χ1v) is 9.86. The molecule has 7 nitrogen and oxygen atoms in total. The van der Waals surface area contributed by atoms with Gasteiger partial charge in [-0.3, -0.25) is 9.48 Å². The Bertz CT molecular complexity index is 1030. The van der Waals surface area contributed by atoms with Gasteiger partial charge in [0.1, 0.15) is 6.54 Å². The number of alkyl halides is 3. The van der Waals surface area contributed by atoms with Crippen molar-refractivity contribution in [2.75, 3.05) is 13.1 Å². The van der Waals surface area contributed by atoms with Crippen molar-refractivity contribution in [3.05, 3.63) is 41.5 Å². The summed E-state index contributed by atoms with van der Waals surface area (Å²) in [7, 11) is 0. The van der Waals surface area contributed by atoms with Crippen molar-refractivity contribution in [3.63, 3.8) is 0 Å². The monoisotopic (exact) mass is 421 g/mol. The number of piperidine rings is 1. The summed E-state index contributed by atoms with van der Waals surface area (Å²) >= 11 is 0. The highest BCUT2D eigenvalue weighted by Crippen LogP contribution is 2.41. The van der Waals surface area contributed by atoms with E-state index in [1.54, 1.807) is 41.9 Å². The van der Waals surface area contributed by atoms with Crippen LogP contribution in [0.4, 0.5) is 13.2 Å². The molecule has 0 aliphatic carbocycles. The number of hydrogen-bond donors (Lipinski definition) is 0. The highest BCUT2D eigenvalue weighted by Gasteiger charge is 2.38. The third-order valence-corrected chi connectivity index (χ3v) is 5.48. The molecule has 0 atom stereocenters. The van der Waals surface area contributed by atoms with E-state index in [0.29, 0.717) is 31.6 Å². The minimum atomic E-state index is -4.54. The fourth-order valence-electron chi connectivity index (χ4n) is 3.83. The van der Waals surface area contributed by atoms with Gasteiger partial charge in [-0.15, -0.1) is 0 Å². The maximum absolute atomic E-state index is 13.8. The van der Waals surface area contributed by atoms with Crippen LogP contribution in [0.3, 0.4) is 0 Å². The molecule has 4 rings (SSSR count). The van der Waals surface area contributed by atoms with Crippen LogP contribution in [0.2, 0.25) is 0 Å². The molecule has 0 spiro atoms. The quantitative estimate of drug-likeness (QED) is 0.637. The summed E-state index contributed by atoms with van der Waals surface area (Å²) in [5.41, 5.74) is -0.249. The molecule has 1 saturated heterocycles. The molecule has 1 fully saturated rings. The highest BCUT2D eigenvalue weighted by atomic mass is 19.4. The van der Waals surface area contributed by atoms with Crippen molar-refractivity contribution in [1.82, 2.24) is 24.8 Å². The molecule has 1 aliphatic rings. The van der Waals surface area contributed by atoms with E-state index in [1.807, 2.05) is 0 Å². The molecule has 0 saturated carbocycles. The number of fused-ring (bicyclic) bond motifs is 1. The summed E-state index contributed by atoms with van der Waals surface area (Å²) in [6.07, 6.45) is -0.202. The molecule has 30 heavy (non-hydrogen) atoms. The van der Waals surface area contributed by atoms with Crippen LogP contribution in [-0.2, 0) is 17.5 Å². The van der Waals surface area contributed by atoms with Gasteiger partial charge in [-0.25, -0.2) is 4.98 Å². The summed E-state index contributed by atoms with van der Waals surface area (Å²) in [6.45, 7) is 4.59. The molecule has 3 aromatic rings. The maximum Gasteiger partial charge on any atom is 0.417 e. The van der Waals surface area contributed by atoms with Gasteiger partial charge in [0, 0.05) is 37.1 Å². The number of likely N-dealkylation sites (tertiary alicyclic amines) is 1. The summed E-state index contributed by atoms with van der Waals surface area (Å²) in [6, 6.07) is 2.84. The van der Waals surface area contributed by atoms with E-state index in [2.05, 4.69) is 15.2 Å². The van der Waals surface area contributed by atoms with Crippen molar-refractivity contribution >= 4 is 17.0 Å². The van der Waals surface area contributed by atoms with Crippen molar-refractivity contribution in [1.29, 1.82) is 0 Å². The van der Waals surface area contributed by atoms with E-state index >= 15 is 0 Å². The first-order chi connectivity index (χ1) is 14.2. The van der Waals surface area contributed by atoms with Crippen LogP contribution >= 0.6 is 0 Å². The summed E-state index contributed by atoms with van der Waals surface area (Å²) in [5, 5.41) is 7.93. The van der Waals surface area contributed by atoms with Crippen LogP contribution in [0.15, 0.2) is 29.0 Å². The van der Waals surface area contributed by atoms with E-state index in [-0.39, 0.29) is 41.1 Å². The van der Waals surface area contributed by atoms with Crippen LogP contribution in [-0.4, -0.2) is 43.8 Å².